The highest BCUT2D eigenvalue weighted by Crippen LogP contribution is 2.53. The Morgan fingerprint density at radius 3 is 1.71 bits per heavy atom. The van der Waals surface area contributed by atoms with Crippen LogP contribution in [0.3, 0.4) is 0 Å². The molecule has 0 saturated heterocycles. The van der Waals surface area contributed by atoms with Gasteiger partial charge in [-0.3, -0.25) is 0 Å². The molecule has 0 spiro atoms. The van der Waals surface area contributed by atoms with Crippen LogP contribution in [0.5, 0.6) is 0 Å². The van der Waals surface area contributed by atoms with Crippen molar-refractivity contribution in [2.75, 3.05) is 0 Å². The fraction of sp³-hybridized carbons (Fsp3) is 0.368. The Labute approximate surface area is 172 Å². The number of sulfone groups is 1. The summed E-state index contributed by atoms with van der Waals surface area (Å²) in [7, 11) is -4.23. The van der Waals surface area contributed by atoms with Gasteiger partial charge in [0.2, 0.25) is 0 Å². The lowest BCUT2D eigenvalue weighted by atomic mass is 9.74. The predicted molar refractivity (Wildman–Crippen MR) is 94.9 cm³/mol. The maximum atomic E-state index is 13.2. The monoisotopic (exact) mass is 471 g/mol. The number of benzene rings is 2. The van der Waals surface area contributed by atoms with E-state index in [1.54, 1.807) is 0 Å². The molecule has 2 aromatic rings. The van der Waals surface area contributed by atoms with Gasteiger partial charge in [-0.15, -0.1) is 0 Å². The van der Waals surface area contributed by atoms with Gasteiger partial charge < -0.3 is 10.8 Å². The van der Waals surface area contributed by atoms with Crippen LogP contribution >= 0.6 is 0 Å². The third-order valence-electron chi connectivity index (χ3n) is 5.47. The first kappa shape index (κ1) is 23.5. The van der Waals surface area contributed by atoms with E-state index < -0.39 is 50.0 Å². The second-order valence-electron chi connectivity index (χ2n) is 7.40. The van der Waals surface area contributed by atoms with Gasteiger partial charge in [0.1, 0.15) is 10.6 Å². The fourth-order valence-corrected chi connectivity index (χ4v) is 6.00. The maximum Gasteiger partial charge on any atom is 0.430 e. The zero-order valence-corrected chi connectivity index (χ0v) is 16.3. The summed E-state index contributed by atoms with van der Waals surface area (Å²) >= 11 is 0. The van der Waals surface area contributed by atoms with Crippen LogP contribution in [-0.4, -0.2) is 31.9 Å². The highest BCUT2D eigenvalue weighted by molar-refractivity contribution is 7.92. The molecule has 1 saturated carbocycles. The van der Waals surface area contributed by atoms with E-state index in [-0.39, 0.29) is 23.3 Å². The van der Waals surface area contributed by atoms with Crippen LogP contribution < -0.4 is 5.73 Å². The summed E-state index contributed by atoms with van der Waals surface area (Å²) < 4.78 is 116. The average Bonchev–Trinajstić information content (AvgIpc) is 2.63. The zero-order chi connectivity index (χ0) is 23.5. The zero-order valence-electron chi connectivity index (χ0n) is 15.5. The molecule has 0 aliphatic heterocycles. The topological polar surface area (TPSA) is 80.4 Å². The SMILES string of the molecule is N[C@H]1C[C@@](c2ccc(C(O)(C(F)(F)F)C(F)(F)F)cc2)(S(=O)(=O)c2ccc(F)cc2)C1. The standard InChI is InChI=1S/C19H16F7NO3S/c20-13-5-7-15(8-6-13)31(29,30)16(9-14(27)10-16)11-1-3-12(4-2-11)17(28,18(21,22)23)19(24,25)26/h1-8,14,28H,9-10,27H2/t14-,16+. The van der Waals surface area contributed by atoms with E-state index in [4.69, 9.17) is 5.73 Å². The number of aliphatic hydroxyl groups is 1. The second kappa shape index (κ2) is 7.17. The van der Waals surface area contributed by atoms with Crippen molar-refractivity contribution in [2.45, 2.75) is 46.5 Å². The molecule has 0 radical (unpaired) electrons. The molecule has 1 aliphatic carbocycles. The molecule has 0 atom stereocenters. The Morgan fingerprint density at radius 1 is 0.871 bits per heavy atom. The molecule has 0 bridgehead atoms. The summed E-state index contributed by atoms with van der Waals surface area (Å²) in [6.45, 7) is 0. The van der Waals surface area contributed by atoms with E-state index >= 15 is 0 Å². The van der Waals surface area contributed by atoms with Gasteiger partial charge in [-0.1, -0.05) is 24.3 Å². The van der Waals surface area contributed by atoms with E-state index in [9.17, 15) is 44.3 Å². The van der Waals surface area contributed by atoms with Crippen molar-refractivity contribution in [1.82, 2.24) is 0 Å². The summed E-state index contributed by atoms with van der Waals surface area (Å²) in [5, 5.41) is 9.50. The third kappa shape index (κ3) is 3.50. The van der Waals surface area contributed by atoms with Gasteiger partial charge in [0.15, 0.2) is 9.84 Å². The van der Waals surface area contributed by atoms with E-state index in [1.165, 1.54) is 0 Å². The van der Waals surface area contributed by atoms with Crippen LogP contribution in [-0.2, 0) is 20.2 Å². The number of nitrogens with two attached hydrogens (primary N) is 1. The van der Waals surface area contributed by atoms with Crippen LogP contribution in [0, 0.1) is 5.82 Å². The Kier molecular flexibility index (Phi) is 5.43. The van der Waals surface area contributed by atoms with Gasteiger partial charge >= 0.3 is 12.4 Å². The average molecular weight is 471 g/mol. The van der Waals surface area contributed by atoms with Crippen LogP contribution in [0.2, 0.25) is 0 Å². The molecule has 1 fully saturated rings. The van der Waals surface area contributed by atoms with E-state index in [0.29, 0.717) is 12.1 Å². The molecule has 3 N–H and O–H groups in total. The normalized spacial score (nSPS) is 22.8. The molecule has 0 heterocycles. The first-order chi connectivity index (χ1) is 14.1. The first-order valence-corrected chi connectivity index (χ1v) is 10.3. The highest BCUT2D eigenvalue weighted by atomic mass is 32.2. The number of rotatable bonds is 4. The van der Waals surface area contributed by atoms with Crippen LogP contribution in [0.15, 0.2) is 53.4 Å². The van der Waals surface area contributed by atoms with E-state index in [1.807, 2.05) is 0 Å². The molecule has 0 amide bonds. The number of hydrogen-bond donors (Lipinski definition) is 2. The lowest BCUT2D eigenvalue weighted by molar-refractivity contribution is -0.376. The van der Waals surface area contributed by atoms with Crippen molar-refractivity contribution in [2.24, 2.45) is 5.73 Å². The quantitative estimate of drug-likeness (QED) is 0.523. The Balaban J connectivity index is 2.10. The summed E-state index contributed by atoms with van der Waals surface area (Å²) in [5.41, 5.74) is -0.980. The van der Waals surface area contributed by atoms with E-state index in [2.05, 4.69) is 0 Å². The second-order valence-corrected chi connectivity index (χ2v) is 9.66. The largest absolute Gasteiger partial charge is 0.430 e. The first-order valence-electron chi connectivity index (χ1n) is 8.79. The summed E-state index contributed by atoms with van der Waals surface area (Å²) in [5.74, 6) is -0.693. The van der Waals surface area contributed by atoms with Gasteiger partial charge in [0.05, 0.1) is 4.90 Å². The van der Waals surface area contributed by atoms with Crippen LogP contribution in [0.4, 0.5) is 30.7 Å². The Hall–Kier alpha value is -2.18. The van der Waals surface area contributed by atoms with Gasteiger partial charge in [-0.25, -0.2) is 12.8 Å². The van der Waals surface area contributed by atoms with Crippen molar-refractivity contribution in [3.05, 3.63) is 65.5 Å². The molecule has 1 aliphatic rings. The molecule has 31 heavy (non-hydrogen) atoms. The maximum absolute atomic E-state index is 13.2. The van der Waals surface area contributed by atoms with Crippen molar-refractivity contribution in [3.63, 3.8) is 0 Å². The number of halogens is 7. The highest BCUT2D eigenvalue weighted by Gasteiger charge is 2.71. The molecule has 170 valence electrons. The summed E-state index contributed by atoms with van der Waals surface area (Å²) in [6, 6.07) is 5.65. The molecular weight excluding hydrogens is 455 g/mol. The molecule has 3 rings (SSSR count). The van der Waals surface area contributed by atoms with Crippen molar-refractivity contribution in [3.8, 4) is 0 Å². The number of alkyl halides is 6. The molecular formula is C19H16F7NO3S. The Morgan fingerprint density at radius 2 is 1.32 bits per heavy atom. The lowest BCUT2D eigenvalue weighted by Gasteiger charge is -2.46. The van der Waals surface area contributed by atoms with E-state index in [0.717, 1.165) is 36.4 Å². The minimum absolute atomic E-state index is 0.0889. The summed E-state index contributed by atoms with van der Waals surface area (Å²) in [6.07, 6.45) is -12.4. The van der Waals surface area contributed by atoms with Gasteiger partial charge in [-0.05, 0) is 42.7 Å². The molecule has 0 aromatic heterocycles. The summed E-state index contributed by atoms with van der Waals surface area (Å²) in [4.78, 5) is -0.271. The van der Waals surface area contributed by atoms with Gasteiger partial charge in [-0.2, -0.15) is 26.3 Å². The molecule has 12 heteroatoms. The van der Waals surface area contributed by atoms with Crippen molar-refractivity contribution < 1.29 is 44.3 Å². The van der Waals surface area contributed by atoms with Gasteiger partial charge in [0.25, 0.3) is 5.60 Å². The minimum atomic E-state index is -6.07. The lowest BCUT2D eigenvalue weighted by Crippen LogP contribution is -2.54. The fourth-order valence-electron chi connectivity index (χ4n) is 3.74. The number of hydrogen-bond acceptors (Lipinski definition) is 4. The molecule has 0 unspecified atom stereocenters. The minimum Gasteiger partial charge on any atom is -0.369 e. The van der Waals surface area contributed by atoms with Crippen LogP contribution in [0.25, 0.3) is 0 Å². The Bertz CT molecular complexity index is 1040. The van der Waals surface area contributed by atoms with Crippen LogP contribution in [0.1, 0.15) is 24.0 Å². The smallest absolute Gasteiger partial charge is 0.369 e. The third-order valence-corrected chi connectivity index (χ3v) is 7.96. The van der Waals surface area contributed by atoms with Gasteiger partial charge in [0, 0.05) is 11.6 Å². The molecule has 4 nitrogen and oxygen atoms in total. The molecule has 2 aromatic carbocycles. The van der Waals surface area contributed by atoms with Crippen molar-refractivity contribution >= 4 is 9.84 Å². The van der Waals surface area contributed by atoms with Crippen molar-refractivity contribution in [1.29, 1.82) is 0 Å². The predicted octanol–water partition coefficient (Wildman–Crippen LogP) is 3.93.